The second kappa shape index (κ2) is 10.6. The Labute approximate surface area is 282 Å². The molecule has 0 aliphatic carbocycles. The van der Waals surface area contributed by atoms with Crippen LogP contribution in [0.3, 0.4) is 0 Å². The van der Waals surface area contributed by atoms with E-state index in [0.29, 0.717) is 0 Å². The Bertz CT molecular complexity index is 2890. The fourth-order valence-corrected chi connectivity index (χ4v) is 7.88. The third-order valence-electron chi connectivity index (χ3n) is 10.2. The second-order valence-corrected chi connectivity index (χ2v) is 12.9. The van der Waals surface area contributed by atoms with Gasteiger partial charge in [0.15, 0.2) is 0 Å². The van der Waals surface area contributed by atoms with E-state index in [4.69, 9.17) is 13.6 Å². The molecule has 0 N–H and O–H groups in total. The standard InChI is InChI=1S/C46H30O3/c1-27-8-10-28(11-9-27)36-24-40-38(32-16-18-42-34(45(32)36)20-22-48-42)26-39-33-17-19-43-35(21-23-49-43)46(33)37(29-12-14-31(47-2)15-13-29)25-41(39)44(40)30-6-4-3-5-7-30/h3-26H,1-2H3. The van der Waals surface area contributed by atoms with Crippen molar-refractivity contribution < 1.29 is 13.6 Å². The summed E-state index contributed by atoms with van der Waals surface area (Å²) in [4.78, 5) is 0. The van der Waals surface area contributed by atoms with Crippen molar-refractivity contribution in [1.29, 1.82) is 0 Å². The summed E-state index contributed by atoms with van der Waals surface area (Å²) in [6, 6.07) is 48.2. The molecule has 0 atom stereocenters. The van der Waals surface area contributed by atoms with Gasteiger partial charge >= 0.3 is 0 Å². The van der Waals surface area contributed by atoms with Gasteiger partial charge in [-0.2, -0.15) is 0 Å². The third kappa shape index (κ3) is 4.15. The quantitative estimate of drug-likeness (QED) is 0.143. The highest BCUT2D eigenvalue weighted by molar-refractivity contribution is 6.32. The molecule has 0 radical (unpaired) electrons. The lowest BCUT2D eigenvalue weighted by Crippen LogP contribution is -1.93. The minimum absolute atomic E-state index is 0.834. The van der Waals surface area contributed by atoms with Crippen molar-refractivity contribution in [2.24, 2.45) is 0 Å². The van der Waals surface area contributed by atoms with Gasteiger partial charge in [0.05, 0.1) is 19.6 Å². The van der Waals surface area contributed by atoms with E-state index in [9.17, 15) is 0 Å². The van der Waals surface area contributed by atoms with Gasteiger partial charge in [-0.1, -0.05) is 72.3 Å². The lowest BCUT2D eigenvalue weighted by atomic mass is 9.83. The molecule has 3 nitrogen and oxygen atoms in total. The first-order valence-electron chi connectivity index (χ1n) is 16.6. The summed E-state index contributed by atoms with van der Waals surface area (Å²) in [6.45, 7) is 2.14. The van der Waals surface area contributed by atoms with Gasteiger partial charge in [0.25, 0.3) is 0 Å². The molecule has 0 amide bonds. The largest absolute Gasteiger partial charge is 0.497 e. The van der Waals surface area contributed by atoms with Crippen molar-refractivity contribution in [3.05, 3.63) is 152 Å². The number of hydrogen-bond acceptors (Lipinski definition) is 3. The van der Waals surface area contributed by atoms with Gasteiger partial charge in [-0.3, -0.25) is 0 Å². The number of ether oxygens (including phenoxy) is 1. The highest BCUT2D eigenvalue weighted by atomic mass is 16.5. The van der Waals surface area contributed by atoms with Gasteiger partial charge in [-0.25, -0.2) is 0 Å². The van der Waals surface area contributed by atoms with Gasteiger partial charge in [0, 0.05) is 21.5 Å². The summed E-state index contributed by atoms with van der Waals surface area (Å²) < 4.78 is 17.4. The van der Waals surface area contributed by atoms with Crippen LogP contribution in [0.4, 0.5) is 0 Å². The fraction of sp³-hybridized carbons (Fsp3) is 0.0435. The Hall–Kier alpha value is -6.32. The van der Waals surface area contributed by atoms with Crippen LogP contribution in [-0.2, 0) is 0 Å². The van der Waals surface area contributed by atoms with Crippen LogP contribution < -0.4 is 4.74 Å². The molecule has 0 saturated carbocycles. The van der Waals surface area contributed by atoms with Crippen molar-refractivity contribution in [2.45, 2.75) is 6.92 Å². The zero-order chi connectivity index (χ0) is 32.6. The number of methoxy groups -OCH3 is 1. The number of hydrogen-bond donors (Lipinski definition) is 0. The first kappa shape index (κ1) is 27.8. The summed E-state index contributed by atoms with van der Waals surface area (Å²) in [5.41, 5.74) is 10.1. The molecular formula is C46H30O3. The molecule has 8 aromatic carbocycles. The molecule has 0 unspecified atom stereocenters. The van der Waals surface area contributed by atoms with Crippen LogP contribution in [0.15, 0.2) is 155 Å². The maximum atomic E-state index is 5.96. The molecule has 0 aliphatic heterocycles. The summed E-state index contributed by atoms with van der Waals surface area (Å²) in [5.74, 6) is 0.834. The minimum atomic E-state index is 0.834. The molecule has 232 valence electrons. The number of fused-ring (bicyclic) bond motifs is 10. The van der Waals surface area contributed by atoms with Gasteiger partial charge in [-0.05, 0) is 139 Å². The summed E-state index contributed by atoms with van der Waals surface area (Å²) in [7, 11) is 1.71. The van der Waals surface area contributed by atoms with Crippen LogP contribution in [0, 0.1) is 6.92 Å². The molecule has 0 bridgehead atoms. The first-order valence-corrected chi connectivity index (χ1v) is 16.6. The predicted molar refractivity (Wildman–Crippen MR) is 204 cm³/mol. The summed E-state index contributed by atoms with van der Waals surface area (Å²) >= 11 is 0. The predicted octanol–water partition coefficient (Wildman–Crippen LogP) is 13.1. The van der Waals surface area contributed by atoms with Gasteiger partial charge in [0.2, 0.25) is 0 Å². The van der Waals surface area contributed by atoms with E-state index >= 15 is 0 Å². The van der Waals surface area contributed by atoms with E-state index in [0.717, 1.165) is 38.8 Å². The molecule has 10 aromatic rings. The summed E-state index contributed by atoms with van der Waals surface area (Å²) in [5, 5.41) is 11.9. The Morgan fingerprint density at radius 3 is 1.49 bits per heavy atom. The van der Waals surface area contributed by atoms with Crippen molar-refractivity contribution in [3.63, 3.8) is 0 Å². The Kier molecular flexibility index (Phi) is 6.00. The molecule has 0 spiro atoms. The number of aryl methyl sites for hydroxylation is 1. The average molecular weight is 631 g/mol. The molecule has 3 heteroatoms. The first-order chi connectivity index (χ1) is 24.2. The minimum Gasteiger partial charge on any atom is -0.497 e. The van der Waals surface area contributed by atoms with Crippen LogP contribution in [0.1, 0.15) is 5.56 Å². The molecule has 0 aliphatic rings. The topological polar surface area (TPSA) is 35.5 Å². The molecule has 49 heavy (non-hydrogen) atoms. The van der Waals surface area contributed by atoms with Crippen LogP contribution >= 0.6 is 0 Å². The average Bonchev–Trinajstić information content (AvgIpc) is 3.84. The van der Waals surface area contributed by atoms with Gasteiger partial charge in [0.1, 0.15) is 16.9 Å². The third-order valence-corrected chi connectivity index (χ3v) is 10.2. The molecule has 0 fully saturated rings. The molecular weight excluding hydrogens is 601 g/mol. The summed E-state index contributed by atoms with van der Waals surface area (Å²) in [6.07, 6.45) is 3.59. The van der Waals surface area contributed by atoms with Gasteiger partial charge in [-0.15, -0.1) is 0 Å². The number of furan rings is 2. The van der Waals surface area contributed by atoms with Crippen molar-refractivity contribution in [2.75, 3.05) is 7.11 Å². The number of benzene rings is 8. The monoisotopic (exact) mass is 630 g/mol. The van der Waals surface area contributed by atoms with Crippen molar-refractivity contribution in [3.8, 4) is 39.1 Å². The Morgan fingerprint density at radius 2 is 0.959 bits per heavy atom. The molecule has 10 rings (SSSR count). The second-order valence-electron chi connectivity index (χ2n) is 12.9. The smallest absolute Gasteiger partial charge is 0.134 e. The normalized spacial score (nSPS) is 11.9. The van der Waals surface area contributed by atoms with E-state index < -0.39 is 0 Å². The Balaban J connectivity index is 1.45. The fourth-order valence-electron chi connectivity index (χ4n) is 7.88. The lowest BCUT2D eigenvalue weighted by Gasteiger charge is -2.20. The molecule has 2 heterocycles. The van der Waals surface area contributed by atoms with E-state index in [1.54, 1.807) is 19.6 Å². The van der Waals surface area contributed by atoms with Crippen LogP contribution in [0.2, 0.25) is 0 Å². The maximum absolute atomic E-state index is 5.96. The van der Waals surface area contributed by atoms with Crippen LogP contribution in [0.25, 0.3) is 98.4 Å². The molecule has 0 saturated heterocycles. The van der Waals surface area contributed by atoms with Crippen LogP contribution in [-0.4, -0.2) is 7.11 Å². The zero-order valence-corrected chi connectivity index (χ0v) is 27.1. The van der Waals surface area contributed by atoms with E-state index in [-0.39, 0.29) is 0 Å². The number of rotatable bonds is 4. The van der Waals surface area contributed by atoms with E-state index in [2.05, 4.69) is 128 Å². The molecule has 2 aromatic heterocycles. The van der Waals surface area contributed by atoms with Crippen molar-refractivity contribution >= 4 is 65.0 Å². The Morgan fingerprint density at radius 1 is 0.429 bits per heavy atom. The van der Waals surface area contributed by atoms with E-state index in [1.165, 1.54) is 70.9 Å². The zero-order valence-electron chi connectivity index (χ0n) is 27.1. The van der Waals surface area contributed by atoms with Gasteiger partial charge < -0.3 is 13.6 Å². The van der Waals surface area contributed by atoms with Crippen molar-refractivity contribution in [1.82, 2.24) is 0 Å². The van der Waals surface area contributed by atoms with Crippen LogP contribution in [0.5, 0.6) is 5.75 Å². The SMILES string of the molecule is COc1ccc(-c2cc3c(-c4ccccc4)c4cc(-c5ccc(C)cc5)c5c6ccoc6ccc5c4cc3c3ccc4occc4c23)cc1. The highest BCUT2D eigenvalue weighted by Gasteiger charge is 2.21. The highest BCUT2D eigenvalue weighted by Crippen LogP contribution is 2.48. The maximum Gasteiger partial charge on any atom is 0.134 e. The van der Waals surface area contributed by atoms with E-state index in [1.807, 2.05) is 12.1 Å². The lowest BCUT2D eigenvalue weighted by molar-refractivity contribution is 0.415.